The zero-order chi connectivity index (χ0) is 8.86. The van der Waals surface area contributed by atoms with Gasteiger partial charge in [0.1, 0.15) is 0 Å². The average molecular weight is 273 g/mol. The van der Waals surface area contributed by atoms with Gasteiger partial charge in [0.15, 0.2) is 0 Å². The van der Waals surface area contributed by atoms with Crippen LogP contribution in [0.2, 0.25) is 43.6 Å². The summed E-state index contributed by atoms with van der Waals surface area (Å²) in [6.07, 6.45) is 0. The molecular weight excluding hydrogens is 257 g/mol. The van der Waals surface area contributed by atoms with Gasteiger partial charge < -0.3 is 0 Å². The molecule has 76 valence electrons. The summed E-state index contributed by atoms with van der Waals surface area (Å²) in [5, 5.41) is 0. The molecule has 0 aromatic carbocycles. The van der Waals surface area contributed by atoms with Gasteiger partial charge in [-0.15, -0.1) is 0 Å². The van der Waals surface area contributed by atoms with E-state index in [1.165, 1.54) is 31.6 Å². The molecule has 10 saturated heterocycles. The van der Waals surface area contributed by atoms with Crippen LogP contribution in [-0.4, -0.2) is 0 Å². The van der Waals surface area contributed by atoms with Crippen molar-refractivity contribution in [2.75, 3.05) is 0 Å². The molecule has 0 saturated carbocycles. The first-order valence-electron chi connectivity index (χ1n) is 6.54. The van der Waals surface area contributed by atoms with Gasteiger partial charge in [-0.25, -0.2) is 0 Å². The van der Waals surface area contributed by atoms with E-state index in [0.717, 1.165) is 12.0 Å². The first-order valence-corrected chi connectivity index (χ1v) is 16.2. The van der Waals surface area contributed by atoms with E-state index in [1.807, 2.05) is 0 Å². The van der Waals surface area contributed by atoms with E-state index in [9.17, 15) is 0 Å². The topological polar surface area (TPSA) is 0 Å². The van der Waals surface area contributed by atoms with Gasteiger partial charge in [0, 0.05) is 0 Å². The van der Waals surface area contributed by atoms with Crippen LogP contribution in [0.25, 0.3) is 0 Å². The Bertz CT molecular complexity index is 889. The Labute approximate surface area is 72.2 Å². The van der Waals surface area contributed by atoms with Crippen LogP contribution in [0.5, 0.6) is 0 Å². The Morgan fingerprint density at radius 1 is 0.714 bits per heavy atom. The molecule has 0 aliphatic carbocycles. The van der Waals surface area contributed by atoms with E-state index in [2.05, 4.69) is 20.8 Å². The minimum absolute atomic E-state index is 1.09. The summed E-state index contributed by atoms with van der Waals surface area (Å²) in [6.45, 7) is 8.52. The molecule has 10 fully saturated rings. The summed E-state index contributed by atoms with van der Waals surface area (Å²) in [7, 11) is -3.06. The van der Waals surface area contributed by atoms with Crippen LogP contribution in [0.3, 0.4) is 0 Å². The number of rotatable bonds is 0. The standard InChI is InChI=1S/C8H11.C5H5.Ru/c1-6-4-5-7(2)8(6)3;1-2-4-5-3-1;/h4-5H,1-3H3;1-5H;. The molecule has 10 aliphatic heterocycles. The third-order valence-electron chi connectivity index (χ3n) is 17.5. The van der Waals surface area contributed by atoms with Gasteiger partial charge in [-0.3, -0.25) is 0 Å². The molecule has 10 rings (SSSR count). The molecule has 10 aliphatic rings. The molecule has 4 unspecified atom stereocenters. The third kappa shape index (κ3) is 0.0292. The summed E-state index contributed by atoms with van der Waals surface area (Å²) in [5.41, 5.74) is 0. The SMILES string of the molecule is C[C]12[CH]3[CH]4[C]5(C)[C]1(C)[Ru]34251678[CH]2[CH]1[CH]6[CH]7[CH]28. The molecule has 0 aromatic rings. The van der Waals surface area contributed by atoms with Crippen LogP contribution in [0.15, 0.2) is 0 Å². The second-order valence-electron chi connectivity index (χ2n) is 10.9. The molecule has 1 heteroatoms. The second kappa shape index (κ2) is 0.303. The van der Waals surface area contributed by atoms with E-state index in [1.54, 1.807) is 0 Å². The van der Waals surface area contributed by atoms with Gasteiger partial charge in [0.25, 0.3) is 0 Å². The fourth-order valence-electron chi connectivity index (χ4n) is 20.2. The van der Waals surface area contributed by atoms with Crippen molar-refractivity contribution in [3.8, 4) is 0 Å². The molecule has 10 heterocycles. The van der Waals surface area contributed by atoms with Crippen molar-refractivity contribution in [2.45, 2.75) is 64.4 Å². The van der Waals surface area contributed by atoms with E-state index >= 15 is 0 Å². The number of hydrogen-bond donors (Lipinski definition) is 0. The average Bonchev–Trinajstić information content (AvgIpc) is 3.11. The molecule has 0 bridgehead atoms. The van der Waals surface area contributed by atoms with Gasteiger partial charge in [0.2, 0.25) is 0 Å². The van der Waals surface area contributed by atoms with Crippen LogP contribution in [-0.2, 0) is 7.72 Å². The summed E-state index contributed by atoms with van der Waals surface area (Å²) in [6, 6.07) is 0. The van der Waals surface area contributed by atoms with Crippen molar-refractivity contribution in [1.29, 1.82) is 0 Å². The van der Waals surface area contributed by atoms with Crippen LogP contribution in [0, 0.1) is 0 Å². The molecule has 14 heavy (non-hydrogen) atoms. The molecule has 0 radical (unpaired) electrons. The zero-order valence-corrected chi connectivity index (χ0v) is 10.6. The fourth-order valence-corrected chi connectivity index (χ4v) is 163. The summed E-state index contributed by atoms with van der Waals surface area (Å²) in [4.78, 5) is 0. The molecule has 0 nitrogen and oxygen atoms in total. The van der Waals surface area contributed by atoms with Crippen LogP contribution in [0.4, 0.5) is 0 Å². The minimum atomic E-state index is -3.06. The molecule has 0 amide bonds. The van der Waals surface area contributed by atoms with Gasteiger partial charge in [-0.1, -0.05) is 0 Å². The Morgan fingerprint density at radius 2 is 1.07 bits per heavy atom. The normalized spacial score (nSPS) is 153. The molecule has 0 N–H and O–H groups in total. The Balaban J connectivity index is 2.12. The molecule has 4 atom stereocenters. The van der Waals surface area contributed by atoms with Crippen molar-refractivity contribution in [3.63, 3.8) is 0 Å². The maximum atomic E-state index is 2.84. The summed E-state index contributed by atoms with van der Waals surface area (Å²) in [5.74, 6) is 0. The molecule has 1 spiro atoms. The molecule has 0 aromatic heterocycles. The Kier molecular flexibility index (Phi) is 0.105. The first-order chi connectivity index (χ1) is 6.33. The predicted octanol–water partition coefficient (Wildman–Crippen LogP) is 4.55. The van der Waals surface area contributed by atoms with Crippen molar-refractivity contribution in [3.05, 3.63) is 0 Å². The second-order valence-corrected chi connectivity index (χ2v) is 48.2. The van der Waals surface area contributed by atoms with E-state index < -0.39 is 7.72 Å². The predicted molar refractivity (Wildman–Crippen MR) is 51.4 cm³/mol. The van der Waals surface area contributed by atoms with E-state index in [0.29, 0.717) is 0 Å². The zero-order valence-electron chi connectivity index (χ0n) is 8.90. The van der Waals surface area contributed by atoms with Crippen LogP contribution >= 0.6 is 0 Å². The fraction of sp³-hybridized carbons (Fsp3) is 1.00. The van der Waals surface area contributed by atoms with Crippen molar-refractivity contribution in [2.24, 2.45) is 0 Å². The van der Waals surface area contributed by atoms with Gasteiger partial charge in [-0.2, -0.15) is 0 Å². The van der Waals surface area contributed by atoms with Crippen molar-refractivity contribution in [1.82, 2.24) is 0 Å². The first kappa shape index (κ1) is 4.86. The summed E-state index contributed by atoms with van der Waals surface area (Å²) < 4.78 is 13.9. The van der Waals surface area contributed by atoms with E-state index in [4.69, 9.17) is 0 Å². The quantitative estimate of drug-likeness (QED) is 0.568. The Hall–Kier alpha value is 0.623. The van der Waals surface area contributed by atoms with Crippen molar-refractivity contribution >= 4 is 0 Å². The number of fused-ring (bicyclic) bond motifs is 10. The van der Waals surface area contributed by atoms with Gasteiger partial charge in [0.05, 0.1) is 0 Å². The molecular formula is C13H16Ru. The third-order valence-corrected chi connectivity index (χ3v) is 92.0. The monoisotopic (exact) mass is 274 g/mol. The maximum absolute atomic E-state index is 3.06. The van der Waals surface area contributed by atoms with Gasteiger partial charge >= 0.3 is 72.1 Å². The Morgan fingerprint density at radius 3 is 1.07 bits per heavy atom. The van der Waals surface area contributed by atoms with Crippen LogP contribution < -0.4 is 0 Å². The van der Waals surface area contributed by atoms with Crippen molar-refractivity contribution < 1.29 is 7.72 Å². The summed E-state index contributed by atoms with van der Waals surface area (Å²) >= 11 is 0. The number of hydrogen-bond acceptors (Lipinski definition) is 0. The van der Waals surface area contributed by atoms with E-state index in [-0.39, 0.29) is 0 Å². The van der Waals surface area contributed by atoms with Crippen LogP contribution in [0.1, 0.15) is 20.8 Å². The van der Waals surface area contributed by atoms with Gasteiger partial charge in [-0.05, 0) is 0 Å².